The smallest absolute Gasteiger partial charge is 0.338 e. The minimum Gasteiger partial charge on any atom is -0.462 e. The van der Waals surface area contributed by atoms with E-state index in [9.17, 15) is 4.79 Å². The maximum Gasteiger partial charge on any atom is 0.338 e. The highest BCUT2D eigenvalue weighted by molar-refractivity contribution is 6.05. The fourth-order valence-corrected chi connectivity index (χ4v) is 2.88. The van der Waals surface area contributed by atoms with E-state index < -0.39 is 0 Å². The number of esters is 1. The lowest BCUT2D eigenvalue weighted by Crippen LogP contribution is -2.08. The number of hydrogen-bond donors (Lipinski definition) is 0. The summed E-state index contributed by atoms with van der Waals surface area (Å²) in [5, 5.41) is 0.855. The molecule has 3 nitrogen and oxygen atoms in total. The van der Waals surface area contributed by atoms with Crippen molar-refractivity contribution in [3.8, 4) is 11.3 Å². The van der Waals surface area contributed by atoms with Crippen LogP contribution in [-0.4, -0.2) is 17.6 Å². The Morgan fingerprint density at radius 2 is 1.83 bits per heavy atom. The van der Waals surface area contributed by atoms with Crippen molar-refractivity contribution in [2.75, 3.05) is 6.61 Å². The SMILES string of the molecule is CCCOC(=O)c1cc(-c2ccccc2)nc2c(C)cc(C)cc12. The van der Waals surface area contributed by atoms with Crippen molar-refractivity contribution in [1.29, 1.82) is 0 Å². The normalized spacial score (nSPS) is 10.8. The molecule has 0 saturated heterocycles. The topological polar surface area (TPSA) is 39.2 Å². The molecule has 0 fully saturated rings. The molecular weight excluding hydrogens is 298 g/mol. The molecule has 0 atom stereocenters. The van der Waals surface area contributed by atoms with E-state index in [0.717, 1.165) is 39.7 Å². The van der Waals surface area contributed by atoms with E-state index in [1.54, 1.807) is 0 Å². The van der Waals surface area contributed by atoms with Crippen LogP contribution in [-0.2, 0) is 4.74 Å². The molecule has 0 aliphatic carbocycles. The third-order valence-corrected chi connectivity index (χ3v) is 3.98. The van der Waals surface area contributed by atoms with Gasteiger partial charge in [0.2, 0.25) is 0 Å². The van der Waals surface area contributed by atoms with Crippen molar-refractivity contribution < 1.29 is 9.53 Å². The number of ether oxygens (including phenoxy) is 1. The quantitative estimate of drug-likeness (QED) is 0.629. The molecule has 0 N–H and O–H groups in total. The molecule has 0 aliphatic rings. The Labute approximate surface area is 142 Å². The number of carbonyl (C=O) groups excluding carboxylic acids is 1. The van der Waals surface area contributed by atoms with Gasteiger partial charge >= 0.3 is 5.97 Å². The molecular formula is C21H21NO2. The minimum atomic E-state index is -0.286. The predicted octanol–water partition coefficient (Wildman–Crippen LogP) is 5.09. The van der Waals surface area contributed by atoms with E-state index in [-0.39, 0.29) is 5.97 Å². The molecule has 1 aromatic heterocycles. The Morgan fingerprint density at radius 3 is 2.54 bits per heavy atom. The van der Waals surface area contributed by atoms with E-state index in [0.29, 0.717) is 12.2 Å². The third kappa shape index (κ3) is 3.16. The number of aromatic nitrogens is 1. The van der Waals surface area contributed by atoms with Crippen LogP contribution in [0.4, 0.5) is 0 Å². The summed E-state index contributed by atoms with van der Waals surface area (Å²) in [6.07, 6.45) is 0.804. The number of fused-ring (bicyclic) bond motifs is 1. The number of aryl methyl sites for hydroxylation is 2. The summed E-state index contributed by atoms with van der Waals surface area (Å²) in [6.45, 7) is 6.46. The van der Waals surface area contributed by atoms with Gasteiger partial charge in [-0.3, -0.25) is 0 Å². The van der Waals surface area contributed by atoms with Gasteiger partial charge in [-0.25, -0.2) is 9.78 Å². The molecule has 2 aromatic carbocycles. The number of pyridine rings is 1. The zero-order valence-electron chi connectivity index (χ0n) is 14.3. The van der Waals surface area contributed by atoms with Crippen molar-refractivity contribution in [2.24, 2.45) is 0 Å². The highest BCUT2D eigenvalue weighted by atomic mass is 16.5. The molecule has 0 spiro atoms. The van der Waals surface area contributed by atoms with E-state index in [1.165, 1.54) is 0 Å². The van der Waals surface area contributed by atoms with Crippen LogP contribution in [0.15, 0.2) is 48.5 Å². The van der Waals surface area contributed by atoms with Gasteiger partial charge in [0.05, 0.1) is 23.4 Å². The van der Waals surface area contributed by atoms with Gasteiger partial charge < -0.3 is 4.74 Å². The predicted molar refractivity (Wildman–Crippen MR) is 97.2 cm³/mol. The Hall–Kier alpha value is -2.68. The van der Waals surface area contributed by atoms with Crippen LogP contribution >= 0.6 is 0 Å². The van der Waals surface area contributed by atoms with Gasteiger partial charge in [-0.05, 0) is 38.0 Å². The van der Waals surface area contributed by atoms with Crippen LogP contribution < -0.4 is 0 Å². The molecule has 0 radical (unpaired) electrons. The molecule has 3 heteroatoms. The van der Waals surface area contributed by atoms with Gasteiger partial charge in [0.25, 0.3) is 0 Å². The monoisotopic (exact) mass is 319 g/mol. The highest BCUT2D eigenvalue weighted by Gasteiger charge is 2.16. The number of benzene rings is 2. The van der Waals surface area contributed by atoms with E-state index in [1.807, 2.05) is 63.2 Å². The first-order chi connectivity index (χ1) is 11.6. The van der Waals surface area contributed by atoms with Crippen molar-refractivity contribution in [3.05, 3.63) is 65.2 Å². The lowest BCUT2D eigenvalue weighted by atomic mass is 10.00. The molecule has 0 amide bonds. The summed E-state index contributed by atoms with van der Waals surface area (Å²) in [4.78, 5) is 17.4. The van der Waals surface area contributed by atoms with Crippen LogP contribution in [0.2, 0.25) is 0 Å². The summed E-state index contributed by atoms with van der Waals surface area (Å²) in [6, 6.07) is 15.8. The summed E-state index contributed by atoms with van der Waals surface area (Å²) in [5.74, 6) is -0.286. The van der Waals surface area contributed by atoms with E-state index >= 15 is 0 Å². The Morgan fingerprint density at radius 1 is 1.08 bits per heavy atom. The van der Waals surface area contributed by atoms with Crippen LogP contribution in [0, 0.1) is 13.8 Å². The van der Waals surface area contributed by atoms with Crippen molar-refractivity contribution in [2.45, 2.75) is 27.2 Å². The van der Waals surface area contributed by atoms with Gasteiger partial charge in [0.1, 0.15) is 0 Å². The van der Waals surface area contributed by atoms with E-state index in [4.69, 9.17) is 9.72 Å². The molecule has 0 unspecified atom stereocenters. The maximum atomic E-state index is 12.6. The minimum absolute atomic E-state index is 0.286. The Balaban J connectivity index is 2.24. The number of carbonyl (C=O) groups is 1. The fraction of sp³-hybridized carbons (Fsp3) is 0.238. The average molecular weight is 319 g/mol. The van der Waals surface area contributed by atoms with Crippen LogP contribution in [0.3, 0.4) is 0 Å². The van der Waals surface area contributed by atoms with E-state index in [2.05, 4.69) is 6.07 Å². The second-order valence-corrected chi connectivity index (χ2v) is 6.03. The first-order valence-electron chi connectivity index (χ1n) is 8.24. The first kappa shape index (κ1) is 16.2. The van der Waals surface area contributed by atoms with Gasteiger partial charge in [0, 0.05) is 10.9 Å². The summed E-state index contributed by atoms with van der Waals surface area (Å²) in [5.41, 5.74) is 5.39. The largest absolute Gasteiger partial charge is 0.462 e. The summed E-state index contributed by atoms with van der Waals surface area (Å²) < 4.78 is 5.39. The highest BCUT2D eigenvalue weighted by Crippen LogP contribution is 2.28. The van der Waals surface area contributed by atoms with Crippen molar-refractivity contribution in [1.82, 2.24) is 4.98 Å². The lowest BCUT2D eigenvalue weighted by molar-refractivity contribution is 0.0507. The molecule has 24 heavy (non-hydrogen) atoms. The van der Waals surface area contributed by atoms with Gasteiger partial charge in [-0.15, -0.1) is 0 Å². The van der Waals surface area contributed by atoms with Crippen LogP contribution in [0.1, 0.15) is 34.8 Å². The number of nitrogens with zero attached hydrogens (tertiary/aromatic N) is 1. The molecule has 0 bridgehead atoms. The second kappa shape index (κ2) is 6.83. The standard InChI is InChI=1S/C21H21NO2/c1-4-10-24-21(23)18-13-19(16-8-6-5-7-9-16)22-20-15(3)11-14(2)12-17(18)20/h5-9,11-13H,4,10H2,1-3H3. The fourth-order valence-electron chi connectivity index (χ4n) is 2.88. The molecule has 0 saturated carbocycles. The average Bonchev–Trinajstić information content (AvgIpc) is 2.59. The van der Waals surface area contributed by atoms with Crippen molar-refractivity contribution >= 4 is 16.9 Å². The molecule has 3 rings (SSSR count). The maximum absolute atomic E-state index is 12.6. The molecule has 3 aromatic rings. The third-order valence-electron chi connectivity index (χ3n) is 3.98. The van der Waals surface area contributed by atoms with Gasteiger partial charge in [0.15, 0.2) is 0 Å². The Bertz CT molecular complexity index is 885. The van der Waals surface area contributed by atoms with Gasteiger partial charge in [-0.1, -0.05) is 48.9 Å². The summed E-state index contributed by atoms with van der Waals surface area (Å²) >= 11 is 0. The van der Waals surface area contributed by atoms with Gasteiger partial charge in [-0.2, -0.15) is 0 Å². The second-order valence-electron chi connectivity index (χ2n) is 6.03. The van der Waals surface area contributed by atoms with Crippen molar-refractivity contribution in [3.63, 3.8) is 0 Å². The molecule has 1 heterocycles. The number of rotatable bonds is 4. The summed E-state index contributed by atoms with van der Waals surface area (Å²) in [7, 11) is 0. The van der Waals surface area contributed by atoms with Crippen LogP contribution in [0.5, 0.6) is 0 Å². The molecule has 0 aliphatic heterocycles. The lowest BCUT2D eigenvalue weighted by Gasteiger charge is -2.12. The Kier molecular flexibility index (Phi) is 4.61. The zero-order valence-corrected chi connectivity index (χ0v) is 14.3. The zero-order chi connectivity index (χ0) is 17.1. The van der Waals surface area contributed by atoms with Crippen LogP contribution in [0.25, 0.3) is 22.2 Å². The first-order valence-corrected chi connectivity index (χ1v) is 8.24. The number of hydrogen-bond acceptors (Lipinski definition) is 3. The molecule has 122 valence electrons.